The standard InChI is InChI=1S/C22H25N3O5S/c1-15-5-7-16(8-6-15)13-23-21(26)17-4-3-11-25(14-17)31(28,29)18-9-10-19-20(12-18)30-22(27)24(19)2/h5-10,12,17H,3-4,11,13-14H2,1-2H3,(H,23,26)/t17-/m1/s1. The van der Waals surface area contributed by atoms with Crippen LogP contribution >= 0.6 is 0 Å². The topological polar surface area (TPSA) is 102 Å². The maximum atomic E-state index is 13.2. The molecule has 31 heavy (non-hydrogen) atoms. The molecule has 1 fully saturated rings. The molecule has 4 rings (SSSR count). The fourth-order valence-electron chi connectivity index (χ4n) is 3.84. The number of amides is 1. The summed E-state index contributed by atoms with van der Waals surface area (Å²) >= 11 is 0. The number of carbonyl (C=O) groups excluding carboxylic acids is 1. The molecule has 1 aliphatic heterocycles. The van der Waals surface area contributed by atoms with Crippen LogP contribution in [0.2, 0.25) is 0 Å². The zero-order chi connectivity index (χ0) is 22.2. The molecule has 8 nitrogen and oxygen atoms in total. The van der Waals surface area contributed by atoms with Gasteiger partial charge in [-0.25, -0.2) is 13.2 Å². The number of aryl methyl sites for hydroxylation is 2. The lowest BCUT2D eigenvalue weighted by atomic mass is 9.98. The molecule has 0 saturated carbocycles. The highest BCUT2D eigenvalue weighted by Crippen LogP contribution is 2.26. The molecule has 1 saturated heterocycles. The summed E-state index contributed by atoms with van der Waals surface area (Å²) in [5, 5.41) is 2.92. The second kappa shape index (κ2) is 8.32. The number of carbonyl (C=O) groups is 1. The van der Waals surface area contributed by atoms with Gasteiger partial charge in [-0.2, -0.15) is 4.31 Å². The van der Waals surface area contributed by atoms with Crippen molar-refractivity contribution in [1.29, 1.82) is 0 Å². The summed E-state index contributed by atoms with van der Waals surface area (Å²) in [5.74, 6) is -1.11. The van der Waals surface area contributed by atoms with Crippen LogP contribution in [-0.4, -0.2) is 36.3 Å². The van der Waals surface area contributed by atoms with Crippen molar-refractivity contribution in [2.75, 3.05) is 13.1 Å². The lowest BCUT2D eigenvalue weighted by Crippen LogP contribution is -2.45. The summed E-state index contributed by atoms with van der Waals surface area (Å²) in [6.45, 7) is 2.88. The largest absolute Gasteiger partial charge is 0.419 e. The molecule has 1 atom stereocenters. The minimum absolute atomic E-state index is 0.0510. The van der Waals surface area contributed by atoms with Gasteiger partial charge in [-0.1, -0.05) is 29.8 Å². The van der Waals surface area contributed by atoms with Gasteiger partial charge in [0.15, 0.2) is 5.58 Å². The van der Waals surface area contributed by atoms with Crippen molar-refractivity contribution in [2.45, 2.75) is 31.2 Å². The highest BCUT2D eigenvalue weighted by molar-refractivity contribution is 7.89. The Morgan fingerprint density at radius 3 is 2.68 bits per heavy atom. The van der Waals surface area contributed by atoms with Crippen LogP contribution in [0.4, 0.5) is 0 Å². The van der Waals surface area contributed by atoms with Gasteiger partial charge < -0.3 is 9.73 Å². The molecule has 1 N–H and O–H groups in total. The molecular weight excluding hydrogens is 418 g/mol. The van der Waals surface area contributed by atoms with Gasteiger partial charge in [0, 0.05) is 32.7 Å². The van der Waals surface area contributed by atoms with Crippen LogP contribution in [0.3, 0.4) is 0 Å². The summed E-state index contributed by atoms with van der Waals surface area (Å²) in [6, 6.07) is 12.3. The Kier molecular flexibility index (Phi) is 5.72. The van der Waals surface area contributed by atoms with E-state index in [1.807, 2.05) is 31.2 Å². The molecule has 0 bridgehead atoms. The molecule has 1 aromatic heterocycles. The predicted octanol–water partition coefficient (Wildman–Crippen LogP) is 2.16. The maximum Gasteiger partial charge on any atom is 0.419 e. The monoisotopic (exact) mass is 443 g/mol. The molecule has 0 unspecified atom stereocenters. The number of nitrogens with zero attached hydrogens (tertiary/aromatic N) is 2. The Balaban J connectivity index is 1.47. The van der Waals surface area contributed by atoms with E-state index in [4.69, 9.17) is 4.42 Å². The molecular formula is C22H25N3O5S. The third-order valence-corrected chi connectivity index (χ3v) is 7.60. The van der Waals surface area contributed by atoms with Crippen LogP contribution in [0.25, 0.3) is 11.1 Å². The highest BCUT2D eigenvalue weighted by atomic mass is 32.2. The molecule has 164 valence electrons. The first-order valence-electron chi connectivity index (χ1n) is 10.2. The smallest absolute Gasteiger partial charge is 0.408 e. The second-order valence-electron chi connectivity index (χ2n) is 7.96. The number of aromatic nitrogens is 1. The van der Waals surface area contributed by atoms with Gasteiger partial charge in [0.1, 0.15) is 0 Å². The molecule has 9 heteroatoms. The molecule has 3 aromatic rings. The van der Waals surface area contributed by atoms with Crippen LogP contribution in [0.5, 0.6) is 0 Å². The quantitative estimate of drug-likeness (QED) is 0.651. The van der Waals surface area contributed by atoms with E-state index in [1.54, 1.807) is 13.1 Å². The summed E-state index contributed by atoms with van der Waals surface area (Å²) in [6.07, 6.45) is 1.24. The van der Waals surface area contributed by atoms with E-state index in [9.17, 15) is 18.0 Å². The first-order valence-corrected chi connectivity index (χ1v) is 11.6. The number of sulfonamides is 1. The Labute approximate surface area is 180 Å². The van der Waals surface area contributed by atoms with E-state index in [0.717, 1.165) is 11.1 Å². The van der Waals surface area contributed by atoms with Gasteiger partial charge in [0.05, 0.1) is 16.3 Å². The maximum absolute atomic E-state index is 13.2. The van der Waals surface area contributed by atoms with Crippen molar-refractivity contribution in [3.63, 3.8) is 0 Å². The fraction of sp³-hybridized carbons (Fsp3) is 0.364. The number of fused-ring (bicyclic) bond motifs is 1. The highest BCUT2D eigenvalue weighted by Gasteiger charge is 2.33. The van der Waals surface area contributed by atoms with Crippen molar-refractivity contribution in [1.82, 2.24) is 14.2 Å². The number of hydrogen-bond acceptors (Lipinski definition) is 5. The van der Waals surface area contributed by atoms with E-state index in [2.05, 4.69) is 5.32 Å². The Bertz CT molecular complexity index is 1270. The average molecular weight is 444 g/mol. The average Bonchev–Trinajstić information content (AvgIpc) is 3.06. The van der Waals surface area contributed by atoms with Crippen LogP contribution in [-0.2, 0) is 28.4 Å². The van der Waals surface area contributed by atoms with E-state index in [0.29, 0.717) is 31.4 Å². The predicted molar refractivity (Wildman–Crippen MR) is 116 cm³/mol. The van der Waals surface area contributed by atoms with E-state index < -0.39 is 21.7 Å². The van der Waals surface area contributed by atoms with Gasteiger partial charge in [-0.3, -0.25) is 9.36 Å². The third kappa shape index (κ3) is 4.28. The molecule has 0 spiro atoms. The van der Waals surface area contributed by atoms with Gasteiger partial charge in [0.2, 0.25) is 15.9 Å². The van der Waals surface area contributed by atoms with E-state index >= 15 is 0 Å². The molecule has 0 aliphatic carbocycles. The number of oxazole rings is 1. The van der Waals surface area contributed by atoms with Crippen molar-refractivity contribution in [2.24, 2.45) is 13.0 Å². The van der Waals surface area contributed by atoms with Crippen LogP contribution < -0.4 is 11.1 Å². The second-order valence-corrected chi connectivity index (χ2v) is 9.90. The minimum Gasteiger partial charge on any atom is -0.408 e. The van der Waals surface area contributed by atoms with E-state index in [-0.39, 0.29) is 22.9 Å². The van der Waals surface area contributed by atoms with Crippen LogP contribution in [0.15, 0.2) is 56.6 Å². The number of benzene rings is 2. The SMILES string of the molecule is Cc1ccc(CNC(=O)[C@@H]2CCCN(S(=O)(=O)c3ccc4c(c3)oc(=O)n4C)C2)cc1. The summed E-state index contributed by atoms with van der Waals surface area (Å²) in [7, 11) is -2.25. The Hall–Kier alpha value is -2.91. The van der Waals surface area contributed by atoms with Gasteiger partial charge in [-0.05, 0) is 37.5 Å². The molecule has 1 amide bonds. The molecule has 2 heterocycles. The van der Waals surface area contributed by atoms with Crippen molar-refractivity contribution >= 4 is 27.0 Å². The zero-order valence-corrected chi connectivity index (χ0v) is 18.3. The Morgan fingerprint density at radius 2 is 1.94 bits per heavy atom. The summed E-state index contributed by atoms with van der Waals surface area (Å²) < 4.78 is 34.1. The summed E-state index contributed by atoms with van der Waals surface area (Å²) in [4.78, 5) is 24.4. The van der Waals surface area contributed by atoms with Gasteiger partial charge in [-0.15, -0.1) is 0 Å². The van der Waals surface area contributed by atoms with Crippen molar-refractivity contribution in [3.05, 3.63) is 64.1 Å². The van der Waals surface area contributed by atoms with Gasteiger partial charge >= 0.3 is 5.76 Å². The van der Waals surface area contributed by atoms with Crippen LogP contribution in [0, 0.1) is 12.8 Å². The van der Waals surface area contributed by atoms with E-state index in [1.165, 1.54) is 21.0 Å². The third-order valence-electron chi connectivity index (χ3n) is 5.74. The number of rotatable bonds is 5. The van der Waals surface area contributed by atoms with Gasteiger partial charge in [0.25, 0.3) is 0 Å². The molecule has 0 radical (unpaired) electrons. The summed E-state index contributed by atoms with van der Waals surface area (Å²) in [5.41, 5.74) is 2.89. The lowest BCUT2D eigenvalue weighted by molar-refractivity contribution is -0.126. The first-order chi connectivity index (χ1) is 14.8. The minimum atomic E-state index is -3.81. The van der Waals surface area contributed by atoms with Crippen molar-refractivity contribution in [3.8, 4) is 0 Å². The fourth-order valence-corrected chi connectivity index (χ4v) is 5.38. The number of nitrogens with one attached hydrogen (secondary N) is 1. The van der Waals surface area contributed by atoms with Crippen LogP contribution in [0.1, 0.15) is 24.0 Å². The number of hydrogen-bond donors (Lipinski definition) is 1. The lowest BCUT2D eigenvalue weighted by Gasteiger charge is -2.31. The molecule has 2 aromatic carbocycles. The zero-order valence-electron chi connectivity index (χ0n) is 17.5. The Morgan fingerprint density at radius 1 is 1.19 bits per heavy atom. The van der Waals surface area contributed by atoms with Crippen molar-refractivity contribution < 1.29 is 17.6 Å². The molecule has 1 aliphatic rings. The first kappa shape index (κ1) is 21.3. The normalized spacial score (nSPS) is 17.7. The number of piperidine rings is 1.